The van der Waals surface area contributed by atoms with Crippen molar-refractivity contribution >= 4 is 11.7 Å². The van der Waals surface area contributed by atoms with Gasteiger partial charge < -0.3 is 14.5 Å². The van der Waals surface area contributed by atoms with E-state index in [0.717, 1.165) is 31.1 Å². The van der Waals surface area contributed by atoms with Crippen LogP contribution in [0.3, 0.4) is 0 Å². The molecule has 0 unspecified atom stereocenters. The van der Waals surface area contributed by atoms with Crippen LogP contribution in [-0.2, 0) is 11.2 Å². The molecule has 0 bridgehead atoms. The van der Waals surface area contributed by atoms with Gasteiger partial charge in [-0.1, -0.05) is 25.1 Å². The second kappa shape index (κ2) is 8.01. The lowest BCUT2D eigenvalue weighted by molar-refractivity contribution is -0.138. The number of hydrogen-bond donors (Lipinski definition) is 0. The number of anilines is 1. The zero-order chi connectivity index (χ0) is 17.6. The average Bonchev–Trinajstić information content (AvgIpc) is 2.69. The van der Waals surface area contributed by atoms with E-state index in [0.29, 0.717) is 13.1 Å². The largest absolute Gasteiger partial charge is 0.481 e. The zero-order valence-corrected chi connectivity index (χ0v) is 14.9. The van der Waals surface area contributed by atoms with Crippen molar-refractivity contribution in [3.63, 3.8) is 0 Å². The van der Waals surface area contributed by atoms with Crippen molar-refractivity contribution in [2.45, 2.75) is 26.4 Å². The summed E-state index contributed by atoms with van der Waals surface area (Å²) in [7, 11) is 0. The summed E-state index contributed by atoms with van der Waals surface area (Å²) in [6, 6.07) is 13.8. The highest BCUT2D eigenvalue weighted by Crippen LogP contribution is 2.17. The molecule has 1 aliphatic rings. The number of hydrogen-bond acceptors (Lipinski definition) is 4. The van der Waals surface area contributed by atoms with Gasteiger partial charge in [0, 0.05) is 32.4 Å². The molecule has 0 aliphatic carbocycles. The number of carbonyl (C=O) groups is 1. The third-order valence-electron chi connectivity index (χ3n) is 4.56. The summed E-state index contributed by atoms with van der Waals surface area (Å²) in [6.07, 6.45) is 2.32. The highest BCUT2D eigenvalue weighted by Gasteiger charge is 2.26. The van der Waals surface area contributed by atoms with E-state index in [2.05, 4.69) is 16.8 Å². The van der Waals surface area contributed by atoms with Crippen LogP contribution in [0.25, 0.3) is 0 Å². The van der Waals surface area contributed by atoms with Crippen molar-refractivity contribution in [3.05, 3.63) is 54.2 Å². The fourth-order valence-corrected chi connectivity index (χ4v) is 3.01. The summed E-state index contributed by atoms with van der Waals surface area (Å²) in [5, 5.41) is 0. The van der Waals surface area contributed by atoms with E-state index in [-0.39, 0.29) is 5.91 Å². The van der Waals surface area contributed by atoms with Crippen LogP contribution in [0.1, 0.15) is 19.4 Å². The number of piperazine rings is 1. The second-order valence-electron chi connectivity index (χ2n) is 6.26. The number of ether oxygens (including phenoxy) is 1. The number of aryl methyl sites for hydroxylation is 1. The summed E-state index contributed by atoms with van der Waals surface area (Å²) in [4.78, 5) is 21.1. The number of nitrogens with zero attached hydrogens (tertiary/aromatic N) is 3. The minimum absolute atomic E-state index is 0.0419. The minimum Gasteiger partial charge on any atom is -0.481 e. The maximum absolute atomic E-state index is 12.6. The lowest BCUT2D eigenvalue weighted by Crippen LogP contribution is -2.52. The Kier molecular flexibility index (Phi) is 5.53. The van der Waals surface area contributed by atoms with Gasteiger partial charge in [-0.05, 0) is 43.2 Å². The first kappa shape index (κ1) is 17.3. The highest BCUT2D eigenvalue weighted by molar-refractivity contribution is 5.81. The summed E-state index contributed by atoms with van der Waals surface area (Å²) < 4.78 is 5.82. The van der Waals surface area contributed by atoms with Crippen LogP contribution >= 0.6 is 0 Å². The maximum Gasteiger partial charge on any atom is 0.263 e. The maximum atomic E-state index is 12.6. The molecule has 0 spiro atoms. The van der Waals surface area contributed by atoms with E-state index in [1.54, 1.807) is 6.20 Å². The molecule has 3 rings (SSSR count). The molecule has 2 heterocycles. The molecule has 1 fully saturated rings. The molecule has 2 aromatic rings. The SMILES string of the molecule is CCc1ccc(O[C@@H](C)C(=O)N2CCN(c3ccccn3)CC2)cc1. The molecule has 5 nitrogen and oxygen atoms in total. The summed E-state index contributed by atoms with van der Waals surface area (Å²) in [5.41, 5.74) is 1.26. The standard InChI is InChI=1S/C20H25N3O2/c1-3-17-7-9-18(10-8-17)25-16(2)20(24)23-14-12-22(13-15-23)19-6-4-5-11-21-19/h4-11,16H,3,12-15H2,1-2H3/t16-/m0/s1. The molecule has 1 atom stereocenters. The second-order valence-corrected chi connectivity index (χ2v) is 6.26. The highest BCUT2D eigenvalue weighted by atomic mass is 16.5. The van der Waals surface area contributed by atoms with Crippen molar-refractivity contribution in [3.8, 4) is 5.75 Å². The van der Waals surface area contributed by atoms with Gasteiger partial charge in [0.25, 0.3) is 5.91 Å². The van der Waals surface area contributed by atoms with Crippen LogP contribution in [0.5, 0.6) is 5.75 Å². The van der Waals surface area contributed by atoms with Crippen LogP contribution < -0.4 is 9.64 Å². The molecular weight excluding hydrogens is 314 g/mol. The van der Waals surface area contributed by atoms with Gasteiger partial charge in [0.05, 0.1) is 0 Å². The first-order valence-electron chi connectivity index (χ1n) is 8.87. The molecule has 25 heavy (non-hydrogen) atoms. The van der Waals surface area contributed by atoms with E-state index in [1.807, 2.05) is 54.3 Å². The van der Waals surface area contributed by atoms with Crippen molar-refractivity contribution in [1.29, 1.82) is 0 Å². The number of carbonyl (C=O) groups excluding carboxylic acids is 1. The van der Waals surface area contributed by atoms with Crippen LogP contribution in [0, 0.1) is 0 Å². The lowest BCUT2D eigenvalue weighted by atomic mass is 10.2. The van der Waals surface area contributed by atoms with E-state index in [1.165, 1.54) is 5.56 Å². The van der Waals surface area contributed by atoms with Crippen LogP contribution in [-0.4, -0.2) is 48.1 Å². The quantitative estimate of drug-likeness (QED) is 0.840. The third kappa shape index (κ3) is 4.29. The smallest absolute Gasteiger partial charge is 0.263 e. The number of aromatic nitrogens is 1. The fourth-order valence-electron chi connectivity index (χ4n) is 3.01. The molecule has 5 heteroatoms. The van der Waals surface area contributed by atoms with E-state index in [4.69, 9.17) is 4.74 Å². The molecule has 0 N–H and O–H groups in total. The molecule has 1 aromatic heterocycles. The number of rotatable bonds is 5. The fraction of sp³-hybridized carbons (Fsp3) is 0.400. The Bertz CT molecular complexity index is 680. The minimum atomic E-state index is -0.478. The number of pyridine rings is 1. The van der Waals surface area contributed by atoms with Crippen molar-refractivity contribution in [2.75, 3.05) is 31.1 Å². The van der Waals surface area contributed by atoms with E-state index >= 15 is 0 Å². The van der Waals surface area contributed by atoms with Crippen molar-refractivity contribution in [2.24, 2.45) is 0 Å². The number of amides is 1. The van der Waals surface area contributed by atoms with Gasteiger partial charge in [0.1, 0.15) is 11.6 Å². The predicted octanol–water partition coefficient (Wildman–Crippen LogP) is 2.76. The monoisotopic (exact) mass is 339 g/mol. The van der Waals surface area contributed by atoms with Gasteiger partial charge in [-0.25, -0.2) is 4.98 Å². The Morgan fingerprint density at radius 2 is 1.84 bits per heavy atom. The Hall–Kier alpha value is -2.56. The van der Waals surface area contributed by atoms with Crippen molar-refractivity contribution < 1.29 is 9.53 Å². The summed E-state index contributed by atoms with van der Waals surface area (Å²) in [5.74, 6) is 1.75. The summed E-state index contributed by atoms with van der Waals surface area (Å²) in [6.45, 7) is 6.91. The lowest BCUT2D eigenvalue weighted by Gasteiger charge is -2.36. The molecule has 0 radical (unpaired) electrons. The van der Waals surface area contributed by atoms with Gasteiger partial charge in [-0.2, -0.15) is 0 Å². The van der Waals surface area contributed by atoms with Gasteiger partial charge in [0.15, 0.2) is 6.10 Å². The molecular formula is C20H25N3O2. The van der Waals surface area contributed by atoms with Gasteiger partial charge in [0.2, 0.25) is 0 Å². The average molecular weight is 339 g/mol. The van der Waals surface area contributed by atoms with Crippen LogP contribution in [0.2, 0.25) is 0 Å². The first-order valence-corrected chi connectivity index (χ1v) is 8.87. The van der Waals surface area contributed by atoms with Crippen molar-refractivity contribution in [1.82, 2.24) is 9.88 Å². The first-order chi connectivity index (χ1) is 12.2. The van der Waals surface area contributed by atoms with E-state index < -0.39 is 6.10 Å². The topological polar surface area (TPSA) is 45.7 Å². The Balaban J connectivity index is 1.52. The van der Waals surface area contributed by atoms with E-state index in [9.17, 15) is 4.79 Å². The number of benzene rings is 1. The van der Waals surface area contributed by atoms with Gasteiger partial charge >= 0.3 is 0 Å². The molecule has 0 saturated carbocycles. The Labute approximate surface area is 149 Å². The molecule has 1 aromatic carbocycles. The van der Waals surface area contributed by atoms with Crippen LogP contribution in [0.15, 0.2) is 48.7 Å². The molecule has 1 saturated heterocycles. The molecule has 1 amide bonds. The molecule has 132 valence electrons. The summed E-state index contributed by atoms with van der Waals surface area (Å²) >= 11 is 0. The van der Waals surface area contributed by atoms with Crippen LogP contribution in [0.4, 0.5) is 5.82 Å². The Morgan fingerprint density at radius 3 is 2.44 bits per heavy atom. The third-order valence-corrected chi connectivity index (χ3v) is 4.56. The molecule has 1 aliphatic heterocycles. The van der Waals surface area contributed by atoms with Gasteiger partial charge in [-0.3, -0.25) is 4.79 Å². The predicted molar refractivity (Wildman–Crippen MR) is 98.9 cm³/mol. The zero-order valence-electron chi connectivity index (χ0n) is 14.9. The Morgan fingerprint density at radius 1 is 1.12 bits per heavy atom. The normalized spacial score (nSPS) is 15.8. The van der Waals surface area contributed by atoms with Gasteiger partial charge in [-0.15, -0.1) is 0 Å².